The first-order valence-corrected chi connectivity index (χ1v) is 11.7. The molecule has 0 unspecified atom stereocenters. The van der Waals surface area contributed by atoms with Gasteiger partial charge >= 0.3 is 11.9 Å². The largest absolute Gasteiger partial charge is 0.459 e. The molecule has 2 N–H and O–H groups in total. The van der Waals surface area contributed by atoms with Gasteiger partial charge in [-0.1, -0.05) is 6.07 Å². The summed E-state index contributed by atoms with van der Waals surface area (Å²) in [4.78, 5) is 25.7. The number of rotatable bonds is 4. The summed E-state index contributed by atoms with van der Waals surface area (Å²) in [7, 11) is 0. The lowest BCUT2D eigenvalue weighted by molar-refractivity contribution is -0.00684. The second-order valence-corrected chi connectivity index (χ2v) is 12.2. The second kappa shape index (κ2) is 8.45. The molecule has 0 bridgehead atoms. The molecule has 32 heavy (non-hydrogen) atoms. The summed E-state index contributed by atoms with van der Waals surface area (Å²) in [5.74, 6) is -0.801. The molecule has 1 aromatic carbocycles. The molecule has 2 saturated heterocycles. The normalized spacial score (nSPS) is 24.5. The van der Waals surface area contributed by atoms with E-state index in [-0.39, 0.29) is 34.4 Å². The summed E-state index contributed by atoms with van der Waals surface area (Å²) in [6.45, 7) is 17.0. The Labute approximate surface area is 192 Å². The lowest BCUT2D eigenvalue weighted by Gasteiger charge is -2.45. The van der Waals surface area contributed by atoms with Gasteiger partial charge in [0.15, 0.2) is 0 Å². The van der Waals surface area contributed by atoms with Crippen LogP contribution in [0.15, 0.2) is 24.3 Å². The maximum atomic E-state index is 12.9. The Morgan fingerprint density at radius 2 is 1.00 bits per heavy atom. The summed E-state index contributed by atoms with van der Waals surface area (Å²) in [6.07, 6.45) is 2.61. The molecule has 2 heterocycles. The molecule has 2 aliphatic rings. The van der Waals surface area contributed by atoms with Crippen molar-refractivity contribution in [1.82, 2.24) is 10.6 Å². The van der Waals surface area contributed by atoms with Crippen LogP contribution < -0.4 is 10.6 Å². The van der Waals surface area contributed by atoms with Crippen LogP contribution in [0.3, 0.4) is 0 Å². The number of nitrogens with one attached hydrogen (secondary N) is 2. The van der Waals surface area contributed by atoms with Crippen molar-refractivity contribution in [3.63, 3.8) is 0 Å². The van der Waals surface area contributed by atoms with E-state index in [9.17, 15) is 9.59 Å². The molecular weight excluding hydrogens is 404 g/mol. The Hall–Kier alpha value is -1.92. The molecule has 3 rings (SSSR count). The van der Waals surface area contributed by atoms with Crippen LogP contribution in [-0.4, -0.2) is 46.3 Å². The van der Waals surface area contributed by atoms with Crippen molar-refractivity contribution >= 4 is 11.9 Å². The molecule has 1 aromatic rings. The minimum Gasteiger partial charge on any atom is -0.459 e. The lowest BCUT2D eigenvalue weighted by Crippen LogP contribution is -2.59. The van der Waals surface area contributed by atoms with Crippen LogP contribution in [0.4, 0.5) is 0 Å². The molecule has 6 heteroatoms. The van der Waals surface area contributed by atoms with E-state index in [1.807, 2.05) is 0 Å². The standard InChI is InChI=1S/C26H40N2O4/c1-23(2)13-19(14-24(3,4)27-23)31-21(29)17-10-9-11-18(12-17)22(30)32-20-15-25(5,6)28-26(7,8)16-20/h9-12,19-20,27-28H,13-16H2,1-8H3. The molecule has 0 atom stereocenters. The highest BCUT2D eigenvalue weighted by Crippen LogP contribution is 2.32. The zero-order valence-corrected chi connectivity index (χ0v) is 20.9. The maximum Gasteiger partial charge on any atom is 0.338 e. The van der Waals surface area contributed by atoms with Crippen LogP contribution in [0.5, 0.6) is 0 Å². The predicted molar refractivity (Wildman–Crippen MR) is 126 cm³/mol. The van der Waals surface area contributed by atoms with Gasteiger partial charge in [-0.25, -0.2) is 9.59 Å². The Morgan fingerprint density at radius 3 is 1.31 bits per heavy atom. The SMILES string of the molecule is CC1(C)CC(OC(=O)c2cccc(C(=O)OC3CC(C)(C)NC(C)(C)C3)c2)CC(C)(C)N1. The molecule has 0 spiro atoms. The van der Waals surface area contributed by atoms with E-state index in [1.54, 1.807) is 24.3 Å². The topological polar surface area (TPSA) is 76.7 Å². The van der Waals surface area contributed by atoms with Gasteiger partial charge in [0.25, 0.3) is 0 Å². The van der Waals surface area contributed by atoms with Gasteiger partial charge in [0.2, 0.25) is 0 Å². The number of hydrogen-bond acceptors (Lipinski definition) is 6. The molecule has 0 saturated carbocycles. The first kappa shape index (κ1) is 24.7. The molecule has 6 nitrogen and oxygen atoms in total. The first-order valence-electron chi connectivity index (χ1n) is 11.7. The van der Waals surface area contributed by atoms with Crippen LogP contribution in [0.1, 0.15) is 102 Å². The van der Waals surface area contributed by atoms with Crippen molar-refractivity contribution in [2.75, 3.05) is 0 Å². The molecule has 0 aromatic heterocycles. The van der Waals surface area contributed by atoms with E-state index in [4.69, 9.17) is 9.47 Å². The third-order valence-corrected chi connectivity index (χ3v) is 6.19. The summed E-state index contributed by atoms with van der Waals surface area (Å²) in [5.41, 5.74) is 0.284. The van der Waals surface area contributed by atoms with E-state index < -0.39 is 11.9 Å². The Bertz CT molecular complexity index is 773. The number of hydrogen-bond donors (Lipinski definition) is 2. The van der Waals surface area contributed by atoms with Gasteiger partial charge in [-0.15, -0.1) is 0 Å². The van der Waals surface area contributed by atoms with Gasteiger partial charge in [-0.05, 0) is 73.6 Å². The number of esters is 2. The second-order valence-electron chi connectivity index (χ2n) is 12.2. The lowest BCUT2D eigenvalue weighted by atomic mass is 9.81. The quantitative estimate of drug-likeness (QED) is 0.660. The van der Waals surface area contributed by atoms with Gasteiger partial charge in [0.05, 0.1) is 11.1 Å². The third kappa shape index (κ3) is 6.55. The van der Waals surface area contributed by atoms with E-state index in [2.05, 4.69) is 66.0 Å². The minimum atomic E-state index is -0.401. The van der Waals surface area contributed by atoms with Crippen molar-refractivity contribution < 1.29 is 19.1 Å². The first-order chi connectivity index (χ1) is 14.5. The van der Waals surface area contributed by atoms with Gasteiger partial charge < -0.3 is 20.1 Å². The molecule has 2 fully saturated rings. The van der Waals surface area contributed by atoms with Gasteiger partial charge in [-0.3, -0.25) is 0 Å². The van der Waals surface area contributed by atoms with Gasteiger partial charge in [0, 0.05) is 47.8 Å². The highest BCUT2D eigenvalue weighted by molar-refractivity contribution is 5.95. The van der Waals surface area contributed by atoms with E-state index in [1.165, 1.54) is 0 Å². The highest BCUT2D eigenvalue weighted by Gasteiger charge is 2.40. The summed E-state index contributed by atoms with van der Waals surface area (Å²) >= 11 is 0. The smallest absolute Gasteiger partial charge is 0.338 e. The number of carbonyl (C=O) groups excluding carboxylic acids is 2. The molecule has 0 radical (unpaired) electrons. The molecule has 0 aliphatic carbocycles. The molecule has 0 amide bonds. The fourth-order valence-corrected chi connectivity index (χ4v) is 5.84. The van der Waals surface area contributed by atoms with E-state index in [0.29, 0.717) is 11.1 Å². The molecule has 2 aliphatic heterocycles. The zero-order chi connectivity index (χ0) is 23.9. The molecular formula is C26H40N2O4. The zero-order valence-electron chi connectivity index (χ0n) is 20.9. The van der Waals surface area contributed by atoms with Crippen molar-refractivity contribution in [2.24, 2.45) is 0 Å². The number of carbonyl (C=O) groups is 2. The van der Waals surface area contributed by atoms with Crippen LogP contribution in [0.25, 0.3) is 0 Å². The van der Waals surface area contributed by atoms with Gasteiger partial charge in [-0.2, -0.15) is 0 Å². The highest BCUT2D eigenvalue weighted by atomic mass is 16.5. The summed E-state index contributed by atoms with van der Waals surface area (Å²) in [5, 5.41) is 7.18. The van der Waals surface area contributed by atoms with Crippen molar-refractivity contribution in [1.29, 1.82) is 0 Å². The van der Waals surface area contributed by atoms with Crippen molar-refractivity contribution in [2.45, 2.75) is 115 Å². The fraction of sp³-hybridized carbons (Fsp3) is 0.692. The Morgan fingerprint density at radius 1 is 0.688 bits per heavy atom. The van der Waals surface area contributed by atoms with Crippen LogP contribution in [-0.2, 0) is 9.47 Å². The van der Waals surface area contributed by atoms with E-state index in [0.717, 1.165) is 25.7 Å². The predicted octanol–water partition coefficient (Wildman–Crippen LogP) is 4.62. The average molecular weight is 445 g/mol. The number of benzene rings is 1. The van der Waals surface area contributed by atoms with Crippen LogP contribution in [0, 0.1) is 0 Å². The van der Waals surface area contributed by atoms with Crippen molar-refractivity contribution in [3.05, 3.63) is 35.4 Å². The number of ether oxygens (including phenoxy) is 2. The van der Waals surface area contributed by atoms with E-state index >= 15 is 0 Å². The maximum absolute atomic E-state index is 12.9. The van der Waals surface area contributed by atoms with Crippen LogP contribution in [0.2, 0.25) is 0 Å². The monoisotopic (exact) mass is 444 g/mol. The third-order valence-electron chi connectivity index (χ3n) is 6.19. The number of piperidine rings is 2. The molecule has 178 valence electrons. The van der Waals surface area contributed by atoms with Gasteiger partial charge in [0.1, 0.15) is 12.2 Å². The summed E-state index contributed by atoms with van der Waals surface area (Å²) in [6, 6.07) is 6.67. The van der Waals surface area contributed by atoms with Crippen molar-refractivity contribution in [3.8, 4) is 0 Å². The minimum absolute atomic E-state index is 0.116. The Balaban J connectivity index is 1.67. The van der Waals surface area contributed by atoms with Crippen LogP contribution >= 0.6 is 0 Å². The fourth-order valence-electron chi connectivity index (χ4n) is 5.84. The average Bonchev–Trinajstić information content (AvgIpc) is 2.56. The summed E-state index contributed by atoms with van der Waals surface area (Å²) < 4.78 is 11.7. The Kier molecular flexibility index (Phi) is 6.53.